The van der Waals surface area contributed by atoms with Crippen molar-refractivity contribution in [3.05, 3.63) is 18.2 Å². The predicted octanol–water partition coefficient (Wildman–Crippen LogP) is 0.670. The summed E-state index contributed by atoms with van der Waals surface area (Å²) in [5, 5.41) is 0. The molecule has 0 saturated carbocycles. The summed E-state index contributed by atoms with van der Waals surface area (Å²) in [5.41, 5.74) is -0.444. The fourth-order valence-electron chi connectivity index (χ4n) is 1.42. The lowest BCUT2D eigenvalue weighted by Crippen LogP contribution is -2.43. The summed E-state index contributed by atoms with van der Waals surface area (Å²) in [5.74, 6) is 0.873. The number of aromatic amines is 1. The lowest BCUT2D eigenvalue weighted by molar-refractivity contribution is 0.420. The zero-order valence-corrected chi connectivity index (χ0v) is 10.1. The highest BCUT2D eigenvalue weighted by Gasteiger charge is 2.21. The molecule has 2 N–H and O–H groups in total. The zero-order valence-electron chi connectivity index (χ0n) is 9.24. The summed E-state index contributed by atoms with van der Waals surface area (Å²) < 4.78 is 24.7. The smallest absolute Gasteiger partial charge is 0.209 e. The lowest BCUT2D eigenvalue weighted by atomic mass is 10.00. The second-order valence-corrected chi connectivity index (χ2v) is 6.04. The Bertz CT molecular complexity index is 395. The Labute approximate surface area is 90.4 Å². The Kier molecular flexibility index (Phi) is 3.51. The van der Waals surface area contributed by atoms with Gasteiger partial charge in [-0.3, -0.25) is 0 Å². The van der Waals surface area contributed by atoms with E-state index in [4.69, 9.17) is 0 Å². The molecular formula is C9H17N3O2S. The van der Waals surface area contributed by atoms with E-state index < -0.39 is 15.6 Å². The molecule has 1 aromatic rings. The van der Waals surface area contributed by atoms with Crippen LogP contribution < -0.4 is 4.72 Å². The van der Waals surface area contributed by atoms with E-state index >= 15 is 0 Å². The summed E-state index contributed by atoms with van der Waals surface area (Å²) in [4.78, 5) is 7.07. The molecule has 0 aliphatic rings. The molecule has 0 radical (unpaired) electrons. The third-order valence-corrected chi connectivity index (χ3v) is 2.93. The van der Waals surface area contributed by atoms with Crippen LogP contribution in [-0.2, 0) is 16.4 Å². The monoisotopic (exact) mass is 231 g/mol. The molecule has 15 heavy (non-hydrogen) atoms. The third kappa shape index (κ3) is 4.94. The number of imidazole rings is 1. The van der Waals surface area contributed by atoms with Crippen molar-refractivity contribution in [2.24, 2.45) is 0 Å². The third-order valence-electron chi connectivity index (χ3n) is 2.00. The van der Waals surface area contributed by atoms with Crippen LogP contribution in [0.2, 0.25) is 0 Å². The molecule has 0 aliphatic heterocycles. The number of hydrogen-bond acceptors (Lipinski definition) is 3. The van der Waals surface area contributed by atoms with Crippen molar-refractivity contribution < 1.29 is 8.42 Å². The highest BCUT2D eigenvalue weighted by molar-refractivity contribution is 7.88. The number of aromatic nitrogens is 2. The Morgan fingerprint density at radius 3 is 2.67 bits per heavy atom. The molecule has 0 saturated heterocycles. The molecule has 0 amide bonds. The van der Waals surface area contributed by atoms with Gasteiger partial charge < -0.3 is 4.98 Å². The minimum absolute atomic E-state index is 0.444. The number of H-pyrrole nitrogens is 1. The van der Waals surface area contributed by atoms with Crippen LogP contribution in [0.15, 0.2) is 12.4 Å². The average molecular weight is 231 g/mol. The molecule has 0 fully saturated rings. The van der Waals surface area contributed by atoms with Gasteiger partial charge in [-0.05, 0) is 20.3 Å². The topological polar surface area (TPSA) is 74.8 Å². The van der Waals surface area contributed by atoms with Crippen LogP contribution >= 0.6 is 0 Å². The first kappa shape index (κ1) is 12.2. The summed E-state index contributed by atoms with van der Waals surface area (Å²) in [6, 6.07) is 0. The van der Waals surface area contributed by atoms with Crippen molar-refractivity contribution in [2.45, 2.75) is 32.2 Å². The van der Waals surface area contributed by atoms with Gasteiger partial charge in [0.2, 0.25) is 10.0 Å². The molecule has 0 atom stereocenters. The van der Waals surface area contributed by atoms with Crippen molar-refractivity contribution in [1.82, 2.24) is 14.7 Å². The van der Waals surface area contributed by atoms with E-state index in [1.54, 1.807) is 12.4 Å². The van der Waals surface area contributed by atoms with Crippen molar-refractivity contribution in [3.8, 4) is 0 Å². The molecule has 0 aromatic carbocycles. The normalized spacial score (nSPS) is 13.0. The summed E-state index contributed by atoms with van der Waals surface area (Å²) in [7, 11) is -3.15. The van der Waals surface area contributed by atoms with Crippen molar-refractivity contribution in [2.75, 3.05) is 6.26 Å². The maximum atomic E-state index is 11.1. The number of rotatable bonds is 5. The Balaban J connectivity index is 2.50. The van der Waals surface area contributed by atoms with E-state index in [2.05, 4.69) is 14.7 Å². The average Bonchev–Trinajstić information content (AvgIpc) is 2.47. The van der Waals surface area contributed by atoms with E-state index in [9.17, 15) is 8.42 Å². The summed E-state index contributed by atoms with van der Waals surface area (Å²) >= 11 is 0. The van der Waals surface area contributed by atoms with Gasteiger partial charge >= 0.3 is 0 Å². The van der Waals surface area contributed by atoms with Crippen LogP contribution in [0.3, 0.4) is 0 Å². The number of nitrogens with zero attached hydrogens (tertiary/aromatic N) is 1. The molecule has 0 aliphatic carbocycles. The maximum Gasteiger partial charge on any atom is 0.209 e. The number of hydrogen-bond donors (Lipinski definition) is 2. The molecule has 86 valence electrons. The molecular weight excluding hydrogens is 214 g/mol. The van der Waals surface area contributed by atoms with Crippen LogP contribution in [0.4, 0.5) is 0 Å². The molecule has 0 spiro atoms. The predicted molar refractivity (Wildman–Crippen MR) is 59.0 cm³/mol. The summed E-state index contributed by atoms with van der Waals surface area (Å²) in [6.07, 6.45) is 6.04. The maximum absolute atomic E-state index is 11.1. The summed E-state index contributed by atoms with van der Waals surface area (Å²) in [6.45, 7) is 3.72. The van der Waals surface area contributed by atoms with Crippen LogP contribution in [0, 0.1) is 0 Å². The Morgan fingerprint density at radius 2 is 2.20 bits per heavy atom. The van der Waals surface area contributed by atoms with Crippen LogP contribution in [-0.4, -0.2) is 30.2 Å². The van der Waals surface area contributed by atoms with Gasteiger partial charge in [-0.25, -0.2) is 18.1 Å². The second kappa shape index (κ2) is 4.32. The van der Waals surface area contributed by atoms with Gasteiger partial charge in [0, 0.05) is 24.4 Å². The quantitative estimate of drug-likeness (QED) is 0.782. The van der Waals surface area contributed by atoms with Crippen molar-refractivity contribution in [3.63, 3.8) is 0 Å². The standard InChI is InChI=1S/C9H17N3O2S/c1-9(2,12-15(3,13)14)5-4-8-10-6-7-11-8/h6-7,12H,4-5H2,1-3H3,(H,10,11). The van der Waals surface area contributed by atoms with Gasteiger partial charge in [0.05, 0.1) is 6.26 Å². The van der Waals surface area contributed by atoms with Crippen LogP contribution in [0.25, 0.3) is 0 Å². The van der Waals surface area contributed by atoms with Gasteiger partial charge in [-0.1, -0.05) is 0 Å². The van der Waals surface area contributed by atoms with E-state index in [0.717, 1.165) is 12.2 Å². The first-order valence-electron chi connectivity index (χ1n) is 4.76. The van der Waals surface area contributed by atoms with E-state index in [1.165, 1.54) is 6.26 Å². The molecule has 1 aromatic heterocycles. The van der Waals surface area contributed by atoms with E-state index in [-0.39, 0.29) is 0 Å². The highest BCUT2D eigenvalue weighted by atomic mass is 32.2. The molecule has 1 rings (SSSR count). The van der Waals surface area contributed by atoms with Gasteiger partial charge in [0.1, 0.15) is 5.82 Å². The zero-order chi connectivity index (χ0) is 11.5. The lowest BCUT2D eigenvalue weighted by Gasteiger charge is -2.24. The molecule has 1 heterocycles. The number of aryl methyl sites for hydroxylation is 1. The van der Waals surface area contributed by atoms with Gasteiger partial charge in [0.15, 0.2) is 0 Å². The van der Waals surface area contributed by atoms with Crippen LogP contribution in [0.5, 0.6) is 0 Å². The van der Waals surface area contributed by atoms with Crippen LogP contribution in [0.1, 0.15) is 26.1 Å². The minimum atomic E-state index is -3.15. The molecule has 0 bridgehead atoms. The fourth-order valence-corrected chi connectivity index (χ4v) is 2.52. The minimum Gasteiger partial charge on any atom is -0.349 e. The number of nitrogens with one attached hydrogen (secondary N) is 2. The first-order valence-corrected chi connectivity index (χ1v) is 6.65. The van der Waals surface area contributed by atoms with Crippen molar-refractivity contribution >= 4 is 10.0 Å². The van der Waals surface area contributed by atoms with Gasteiger partial charge in [-0.2, -0.15) is 0 Å². The largest absolute Gasteiger partial charge is 0.349 e. The molecule has 6 heteroatoms. The highest BCUT2D eigenvalue weighted by Crippen LogP contribution is 2.12. The molecule has 0 unspecified atom stereocenters. The molecule has 5 nitrogen and oxygen atoms in total. The van der Waals surface area contributed by atoms with E-state index in [1.807, 2.05) is 13.8 Å². The Hall–Kier alpha value is -0.880. The van der Waals surface area contributed by atoms with E-state index in [0.29, 0.717) is 6.42 Å². The van der Waals surface area contributed by atoms with Crippen molar-refractivity contribution in [1.29, 1.82) is 0 Å². The van der Waals surface area contributed by atoms with Gasteiger partial charge in [0.25, 0.3) is 0 Å². The SMILES string of the molecule is CC(C)(CCc1ncc[nH]1)NS(C)(=O)=O. The first-order chi connectivity index (χ1) is 6.79. The Morgan fingerprint density at radius 1 is 1.53 bits per heavy atom. The van der Waals surface area contributed by atoms with Gasteiger partial charge in [-0.15, -0.1) is 0 Å². The fraction of sp³-hybridized carbons (Fsp3) is 0.667. The second-order valence-electron chi connectivity index (χ2n) is 4.29. The number of sulfonamides is 1.